The van der Waals surface area contributed by atoms with Gasteiger partial charge in [-0.3, -0.25) is 4.40 Å². The number of ether oxygens (including phenoxy) is 1. The van der Waals surface area contributed by atoms with E-state index in [9.17, 15) is 0 Å². The zero-order chi connectivity index (χ0) is 15.3. The van der Waals surface area contributed by atoms with Crippen molar-refractivity contribution < 1.29 is 4.74 Å². The molecule has 2 aromatic carbocycles. The summed E-state index contributed by atoms with van der Waals surface area (Å²) in [4.78, 5) is 5.81. The van der Waals surface area contributed by atoms with Crippen molar-refractivity contribution in [1.29, 1.82) is 0 Å². The number of aryl methyl sites for hydroxylation is 2. The smallest absolute Gasteiger partial charge is 0.195 e. The molecule has 0 aliphatic carbocycles. The van der Waals surface area contributed by atoms with E-state index >= 15 is 0 Å². The second kappa shape index (κ2) is 4.85. The molecule has 0 saturated carbocycles. The second-order valence-electron chi connectivity index (χ2n) is 5.51. The van der Waals surface area contributed by atoms with Gasteiger partial charge in [0.05, 0.1) is 17.5 Å². The molecule has 110 valence electrons. The number of methoxy groups -OCH3 is 1. The van der Waals surface area contributed by atoms with Gasteiger partial charge in [0.15, 0.2) is 4.96 Å². The first-order valence-corrected chi connectivity index (χ1v) is 8.01. The molecule has 0 spiro atoms. The summed E-state index contributed by atoms with van der Waals surface area (Å²) in [5.74, 6) is 0.883. The van der Waals surface area contributed by atoms with Crippen LogP contribution in [0.1, 0.15) is 11.1 Å². The largest absolute Gasteiger partial charge is 0.495 e. The van der Waals surface area contributed by atoms with Gasteiger partial charge in [0, 0.05) is 11.8 Å². The zero-order valence-electron chi connectivity index (χ0n) is 12.8. The van der Waals surface area contributed by atoms with E-state index in [1.807, 2.05) is 12.1 Å². The van der Waals surface area contributed by atoms with Crippen LogP contribution in [0.3, 0.4) is 0 Å². The van der Waals surface area contributed by atoms with Crippen LogP contribution < -0.4 is 4.74 Å². The third kappa shape index (κ3) is 1.91. The van der Waals surface area contributed by atoms with Crippen LogP contribution in [-0.4, -0.2) is 16.5 Å². The summed E-state index contributed by atoms with van der Waals surface area (Å²) in [6, 6.07) is 12.6. The average Bonchev–Trinajstić information content (AvgIpc) is 3.04. The van der Waals surface area contributed by atoms with E-state index in [1.165, 1.54) is 21.4 Å². The molecule has 0 aliphatic rings. The Morgan fingerprint density at radius 2 is 2.00 bits per heavy atom. The number of fused-ring (bicyclic) bond motifs is 3. The first kappa shape index (κ1) is 13.3. The number of hydrogen-bond donors (Lipinski definition) is 0. The average molecular weight is 308 g/mol. The second-order valence-corrected chi connectivity index (χ2v) is 6.52. The van der Waals surface area contributed by atoms with Crippen molar-refractivity contribution in [2.45, 2.75) is 13.8 Å². The van der Waals surface area contributed by atoms with Gasteiger partial charge in [-0.2, -0.15) is 0 Å². The van der Waals surface area contributed by atoms with Crippen molar-refractivity contribution >= 4 is 26.5 Å². The van der Waals surface area contributed by atoms with E-state index in [2.05, 4.69) is 48.7 Å². The molecule has 0 bridgehead atoms. The number of imidazole rings is 1. The first-order valence-electron chi connectivity index (χ1n) is 7.19. The van der Waals surface area contributed by atoms with Crippen LogP contribution in [0.5, 0.6) is 5.75 Å². The SMILES string of the molecule is COc1cccc2sc3nc(-c4ccc(C)cc4C)cn3c12. The third-order valence-electron chi connectivity index (χ3n) is 3.96. The van der Waals surface area contributed by atoms with Crippen molar-refractivity contribution in [1.82, 2.24) is 9.38 Å². The predicted octanol–water partition coefficient (Wildman–Crippen LogP) is 4.84. The Labute approximate surface area is 132 Å². The molecule has 0 radical (unpaired) electrons. The summed E-state index contributed by atoms with van der Waals surface area (Å²) >= 11 is 1.69. The van der Waals surface area contributed by atoms with Crippen molar-refractivity contribution in [3.8, 4) is 17.0 Å². The molecule has 22 heavy (non-hydrogen) atoms. The quantitative estimate of drug-likeness (QED) is 0.529. The Morgan fingerprint density at radius 1 is 1.14 bits per heavy atom. The van der Waals surface area contributed by atoms with Gasteiger partial charge >= 0.3 is 0 Å². The van der Waals surface area contributed by atoms with Crippen LogP contribution in [0, 0.1) is 13.8 Å². The highest BCUT2D eigenvalue weighted by atomic mass is 32.1. The van der Waals surface area contributed by atoms with Gasteiger partial charge in [0.2, 0.25) is 0 Å². The molecule has 2 heterocycles. The molecule has 0 amide bonds. The topological polar surface area (TPSA) is 26.5 Å². The van der Waals surface area contributed by atoms with E-state index < -0.39 is 0 Å². The van der Waals surface area contributed by atoms with Gasteiger partial charge in [0.25, 0.3) is 0 Å². The monoisotopic (exact) mass is 308 g/mol. The number of thiazole rings is 1. The molecule has 0 aliphatic heterocycles. The van der Waals surface area contributed by atoms with E-state index in [1.54, 1.807) is 18.4 Å². The molecule has 0 unspecified atom stereocenters. The van der Waals surface area contributed by atoms with Crippen LogP contribution in [-0.2, 0) is 0 Å². The van der Waals surface area contributed by atoms with Gasteiger partial charge in [-0.15, -0.1) is 0 Å². The van der Waals surface area contributed by atoms with Gasteiger partial charge in [-0.1, -0.05) is 41.2 Å². The number of aromatic nitrogens is 2. The number of hydrogen-bond acceptors (Lipinski definition) is 3. The molecular weight excluding hydrogens is 292 g/mol. The van der Waals surface area contributed by atoms with E-state index in [0.29, 0.717) is 0 Å². The van der Waals surface area contributed by atoms with Crippen LogP contribution in [0.4, 0.5) is 0 Å². The minimum absolute atomic E-state index is 0.883. The minimum Gasteiger partial charge on any atom is -0.495 e. The molecule has 4 heteroatoms. The number of benzene rings is 2. The maximum atomic E-state index is 5.51. The lowest BCUT2D eigenvalue weighted by molar-refractivity contribution is 0.418. The van der Waals surface area contributed by atoms with Crippen LogP contribution in [0.25, 0.3) is 26.4 Å². The predicted molar refractivity (Wildman–Crippen MR) is 92.0 cm³/mol. The summed E-state index contributed by atoms with van der Waals surface area (Å²) in [5, 5.41) is 0. The van der Waals surface area contributed by atoms with Gasteiger partial charge in [-0.05, 0) is 31.5 Å². The lowest BCUT2D eigenvalue weighted by atomic mass is 10.0. The fourth-order valence-electron chi connectivity index (χ4n) is 2.91. The van der Waals surface area contributed by atoms with Gasteiger partial charge in [0.1, 0.15) is 11.3 Å². The molecule has 3 nitrogen and oxygen atoms in total. The van der Waals surface area contributed by atoms with Crippen molar-refractivity contribution in [2.24, 2.45) is 0 Å². The summed E-state index contributed by atoms with van der Waals surface area (Å²) in [6.07, 6.45) is 2.11. The molecule has 0 atom stereocenters. The van der Waals surface area contributed by atoms with Crippen LogP contribution in [0.15, 0.2) is 42.6 Å². The Balaban J connectivity index is 1.98. The van der Waals surface area contributed by atoms with Crippen LogP contribution >= 0.6 is 11.3 Å². The number of nitrogens with zero attached hydrogens (tertiary/aromatic N) is 2. The Morgan fingerprint density at radius 3 is 2.77 bits per heavy atom. The highest BCUT2D eigenvalue weighted by Crippen LogP contribution is 2.35. The molecule has 0 saturated heterocycles. The number of rotatable bonds is 2. The molecule has 4 aromatic rings. The lowest BCUT2D eigenvalue weighted by Crippen LogP contribution is -1.87. The Hall–Kier alpha value is -2.33. The highest BCUT2D eigenvalue weighted by Gasteiger charge is 2.14. The van der Waals surface area contributed by atoms with Crippen molar-refractivity contribution in [2.75, 3.05) is 7.11 Å². The minimum atomic E-state index is 0.883. The standard InChI is InChI=1S/C18H16N2OS/c1-11-7-8-13(12(2)9-11)14-10-20-17-15(21-3)5-4-6-16(17)22-18(20)19-14/h4-10H,1-3H3. The highest BCUT2D eigenvalue weighted by molar-refractivity contribution is 7.23. The zero-order valence-corrected chi connectivity index (χ0v) is 13.6. The fraction of sp³-hybridized carbons (Fsp3) is 0.167. The molecule has 0 N–H and O–H groups in total. The summed E-state index contributed by atoms with van der Waals surface area (Å²) < 4.78 is 8.83. The summed E-state index contributed by atoms with van der Waals surface area (Å²) in [7, 11) is 1.71. The van der Waals surface area contributed by atoms with E-state index in [0.717, 1.165) is 21.9 Å². The molecule has 0 fully saturated rings. The van der Waals surface area contributed by atoms with Crippen molar-refractivity contribution in [3.63, 3.8) is 0 Å². The summed E-state index contributed by atoms with van der Waals surface area (Å²) in [5.41, 5.74) is 5.81. The molecular formula is C18H16N2OS. The van der Waals surface area contributed by atoms with E-state index in [-0.39, 0.29) is 0 Å². The van der Waals surface area contributed by atoms with Gasteiger partial charge < -0.3 is 4.74 Å². The van der Waals surface area contributed by atoms with Gasteiger partial charge in [-0.25, -0.2) is 4.98 Å². The fourth-order valence-corrected chi connectivity index (χ4v) is 3.94. The van der Waals surface area contributed by atoms with Crippen molar-refractivity contribution in [3.05, 3.63) is 53.7 Å². The lowest BCUT2D eigenvalue weighted by Gasteiger charge is -2.04. The Bertz CT molecular complexity index is 997. The van der Waals surface area contributed by atoms with Crippen LogP contribution in [0.2, 0.25) is 0 Å². The maximum Gasteiger partial charge on any atom is 0.195 e. The summed E-state index contributed by atoms with van der Waals surface area (Å²) in [6.45, 7) is 4.25. The van der Waals surface area contributed by atoms with E-state index in [4.69, 9.17) is 9.72 Å². The molecule has 2 aromatic heterocycles. The number of para-hydroxylation sites is 1. The third-order valence-corrected chi connectivity index (χ3v) is 4.98. The maximum absolute atomic E-state index is 5.51. The normalized spacial score (nSPS) is 11.4. The first-order chi connectivity index (χ1) is 10.7. The Kier molecular flexibility index (Phi) is 2.94. The molecule has 4 rings (SSSR count).